The molecule has 1 aliphatic heterocycles. The summed E-state index contributed by atoms with van der Waals surface area (Å²) >= 11 is 6.04. The normalized spacial score (nSPS) is 19.7. The lowest BCUT2D eigenvalue weighted by atomic mass is 10.1. The van der Waals surface area contributed by atoms with Crippen LogP contribution in [0.25, 0.3) is 0 Å². The number of rotatable bonds is 3. The van der Waals surface area contributed by atoms with E-state index in [1.807, 2.05) is 25.4 Å². The topological polar surface area (TPSA) is 15.6 Å². The van der Waals surface area contributed by atoms with Gasteiger partial charge in [-0.3, -0.25) is 4.99 Å². The van der Waals surface area contributed by atoms with Crippen molar-refractivity contribution < 1.29 is 0 Å². The Morgan fingerprint density at radius 3 is 3.06 bits per heavy atom. The maximum atomic E-state index is 6.04. The van der Waals surface area contributed by atoms with Crippen molar-refractivity contribution in [3.05, 3.63) is 40.6 Å². The first-order chi connectivity index (χ1) is 8.61. The van der Waals surface area contributed by atoms with E-state index in [1.54, 1.807) is 0 Å². The molecule has 1 atom stereocenters. The Morgan fingerprint density at radius 1 is 1.56 bits per heavy atom. The van der Waals surface area contributed by atoms with Gasteiger partial charge in [-0.1, -0.05) is 11.6 Å². The molecule has 0 N–H and O–H groups in total. The summed E-state index contributed by atoms with van der Waals surface area (Å²) in [6.45, 7) is 7.23. The number of hydrogen-bond acceptors (Lipinski definition) is 2. The number of aliphatic imine (C=N–C) groups is 1. The molecule has 0 bridgehead atoms. The summed E-state index contributed by atoms with van der Waals surface area (Å²) < 4.78 is 0. The largest absolute Gasteiger partial charge is 0.364 e. The van der Waals surface area contributed by atoms with Gasteiger partial charge in [0, 0.05) is 35.7 Å². The molecule has 0 saturated carbocycles. The molecule has 0 amide bonds. The Kier molecular flexibility index (Phi) is 4.07. The Morgan fingerprint density at radius 2 is 2.33 bits per heavy atom. The van der Waals surface area contributed by atoms with Crippen LogP contribution in [-0.2, 0) is 6.42 Å². The van der Waals surface area contributed by atoms with E-state index in [-0.39, 0.29) is 0 Å². The van der Waals surface area contributed by atoms with Gasteiger partial charge in [0.05, 0.1) is 0 Å². The molecule has 0 aliphatic carbocycles. The molecule has 2 nitrogen and oxygen atoms in total. The molecule has 1 unspecified atom stereocenters. The van der Waals surface area contributed by atoms with Gasteiger partial charge >= 0.3 is 0 Å². The zero-order valence-corrected chi connectivity index (χ0v) is 11.9. The molecule has 96 valence electrons. The molecule has 0 saturated heterocycles. The van der Waals surface area contributed by atoms with E-state index < -0.39 is 0 Å². The molecule has 0 radical (unpaired) electrons. The van der Waals surface area contributed by atoms with Crippen LogP contribution in [0.1, 0.15) is 26.3 Å². The fourth-order valence-electron chi connectivity index (χ4n) is 2.42. The molecule has 1 heterocycles. The number of hydrogen-bond donors (Lipinski definition) is 0. The number of halogens is 1. The zero-order chi connectivity index (χ0) is 13.1. The van der Waals surface area contributed by atoms with Gasteiger partial charge in [0.15, 0.2) is 0 Å². The molecule has 0 fully saturated rings. The van der Waals surface area contributed by atoms with E-state index in [4.69, 9.17) is 11.6 Å². The quantitative estimate of drug-likeness (QED) is 0.750. The first-order valence-electron chi connectivity index (χ1n) is 6.30. The Labute approximate surface area is 114 Å². The third kappa shape index (κ3) is 2.75. The highest BCUT2D eigenvalue weighted by Gasteiger charge is 2.25. The van der Waals surface area contributed by atoms with E-state index in [1.165, 1.54) is 16.8 Å². The van der Waals surface area contributed by atoms with Crippen molar-refractivity contribution in [1.82, 2.24) is 0 Å². The van der Waals surface area contributed by atoms with Gasteiger partial charge in [0.25, 0.3) is 0 Å². The minimum atomic E-state index is 0.521. The van der Waals surface area contributed by atoms with Crippen LogP contribution in [0.5, 0.6) is 0 Å². The summed E-state index contributed by atoms with van der Waals surface area (Å²) in [5.41, 5.74) is 3.92. The van der Waals surface area contributed by atoms with Gasteiger partial charge in [0.1, 0.15) is 0 Å². The summed E-state index contributed by atoms with van der Waals surface area (Å²) in [6.07, 6.45) is 4.81. The molecule has 2 rings (SSSR count). The van der Waals surface area contributed by atoms with Gasteiger partial charge in [0.2, 0.25) is 0 Å². The summed E-state index contributed by atoms with van der Waals surface area (Å²) in [5.74, 6) is 0. The third-order valence-electron chi connectivity index (χ3n) is 3.26. The van der Waals surface area contributed by atoms with Gasteiger partial charge in [-0.2, -0.15) is 0 Å². The van der Waals surface area contributed by atoms with Gasteiger partial charge in [-0.05, 0) is 56.5 Å². The molecular formula is C15H19ClN2. The lowest BCUT2D eigenvalue weighted by Crippen LogP contribution is -2.30. The number of benzene rings is 1. The second-order valence-electron chi connectivity index (χ2n) is 4.84. The van der Waals surface area contributed by atoms with Crippen LogP contribution < -0.4 is 4.90 Å². The van der Waals surface area contributed by atoms with E-state index in [2.05, 4.69) is 35.9 Å². The van der Waals surface area contributed by atoms with Crippen LogP contribution in [-0.4, -0.2) is 18.8 Å². The molecule has 0 aromatic heterocycles. The van der Waals surface area contributed by atoms with Gasteiger partial charge < -0.3 is 4.90 Å². The lowest BCUT2D eigenvalue weighted by Gasteiger charge is -2.25. The van der Waals surface area contributed by atoms with Gasteiger partial charge in [-0.15, -0.1) is 0 Å². The standard InChI is InChI=1S/C15H19ClN2/c1-4-17-9-11(2)10-18-12(3)7-13-8-14(16)5-6-15(13)18/h4-6,8-9,12H,7,10H2,1-3H3/b11-9+,17-4-. The Hall–Kier alpha value is -1.28. The van der Waals surface area contributed by atoms with Gasteiger partial charge in [-0.25, -0.2) is 0 Å². The van der Waals surface area contributed by atoms with Crippen LogP contribution >= 0.6 is 11.6 Å². The smallest absolute Gasteiger partial charge is 0.0410 e. The predicted molar refractivity (Wildman–Crippen MR) is 79.9 cm³/mol. The molecule has 3 heteroatoms. The fourth-order valence-corrected chi connectivity index (χ4v) is 2.61. The van der Waals surface area contributed by atoms with Crippen LogP contribution in [0.15, 0.2) is 35.0 Å². The van der Waals surface area contributed by atoms with Crippen LogP contribution in [0.4, 0.5) is 5.69 Å². The second kappa shape index (κ2) is 5.57. The average molecular weight is 263 g/mol. The maximum absolute atomic E-state index is 6.04. The fraction of sp³-hybridized carbons (Fsp3) is 0.400. The summed E-state index contributed by atoms with van der Waals surface area (Å²) in [4.78, 5) is 6.59. The second-order valence-corrected chi connectivity index (χ2v) is 5.27. The van der Waals surface area contributed by atoms with Crippen molar-refractivity contribution in [2.75, 3.05) is 11.4 Å². The molecule has 1 aliphatic rings. The number of nitrogens with zero attached hydrogens (tertiary/aromatic N) is 2. The summed E-state index contributed by atoms with van der Waals surface area (Å²) in [5, 5.41) is 0.825. The van der Waals surface area contributed by atoms with Crippen molar-refractivity contribution in [2.24, 2.45) is 4.99 Å². The minimum absolute atomic E-state index is 0.521. The first kappa shape index (κ1) is 13.2. The average Bonchev–Trinajstić information content (AvgIpc) is 2.62. The van der Waals surface area contributed by atoms with Crippen LogP contribution in [0, 0.1) is 0 Å². The first-order valence-corrected chi connectivity index (χ1v) is 6.68. The van der Waals surface area contributed by atoms with Crippen molar-refractivity contribution in [2.45, 2.75) is 33.2 Å². The summed E-state index contributed by atoms with van der Waals surface area (Å²) in [6, 6.07) is 6.69. The van der Waals surface area contributed by atoms with Crippen molar-refractivity contribution in [3.8, 4) is 0 Å². The molecule has 18 heavy (non-hydrogen) atoms. The van der Waals surface area contributed by atoms with Crippen molar-refractivity contribution in [3.63, 3.8) is 0 Å². The minimum Gasteiger partial charge on any atom is -0.364 e. The highest BCUT2D eigenvalue weighted by molar-refractivity contribution is 6.30. The molecular weight excluding hydrogens is 244 g/mol. The van der Waals surface area contributed by atoms with Crippen LogP contribution in [0.3, 0.4) is 0 Å². The molecule has 1 aromatic carbocycles. The molecule has 1 aromatic rings. The van der Waals surface area contributed by atoms with Crippen molar-refractivity contribution in [1.29, 1.82) is 0 Å². The van der Waals surface area contributed by atoms with E-state index in [0.717, 1.165) is 18.0 Å². The highest BCUT2D eigenvalue weighted by atomic mass is 35.5. The number of fused-ring (bicyclic) bond motifs is 1. The predicted octanol–water partition coefficient (Wildman–Crippen LogP) is 4.09. The molecule has 0 spiro atoms. The summed E-state index contributed by atoms with van der Waals surface area (Å²) in [7, 11) is 0. The zero-order valence-electron chi connectivity index (χ0n) is 11.2. The third-order valence-corrected chi connectivity index (χ3v) is 3.50. The van der Waals surface area contributed by atoms with Crippen LogP contribution in [0.2, 0.25) is 5.02 Å². The van der Waals surface area contributed by atoms with E-state index in [9.17, 15) is 0 Å². The SMILES string of the molecule is C/C=N\C=C(/C)CN1c2ccc(Cl)cc2CC1C. The van der Waals surface area contributed by atoms with Crippen molar-refractivity contribution >= 4 is 23.5 Å². The Bertz CT molecular complexity index is 491. The van der Waals surface area contributed by atoms with E-state index in [0.29, 0.717) is 6.04 Å². The number of anilines is 1. The van der Waals surface area contributed by atoms with E-state index >= 15 is 0 Å². The highest BCUT2D eigenvalue weighted by Crippen LogP contribution is 2.34. The Balaban J connectivity index is 2.20. The lowest BCUT2D eigenvalue weighted by molar-refractivity contribution is 0.697. The monoisotopic (exact) mass is 262 g/mol. The maximum Gasteiger partial charge on any atom is 0.0410 e.